The molecule has 0 radical (unpaired) electrons. The van der Waals surface area contributed by atoms with Gasteiger partial charge in [0.2, 0.25) is 11.9 Å². The van der Waals surface area contributed by atoms with Crippen LogP contribution in [0.3, 0.4) is 0 Å². The number of anilines is 1. The summed E-state index contributed by atoms with van der Waals surface area (Å²) in [5, 5.41) is 8.87. The highest BCUT2D eigenvalue weighted by molar-refractivity contribution is 5.89. The molecule has 2 heterocycles. The summed E-state index contributed by atoms with van der Waals surface area (Å²) in [4.78, 5) is 35.1. The third-order valence-electron chi connectivity index (χ3n) is 3.85. The minimum Gasteiger partial charge on any atom is -0.481 e. The van der Waals surface area contributed by atoms with Gasteiger partial charge in [0.1, 0.15) is 0 Å². The van der Waals surface area contributed by atoms with Crippen molar-refractivity contribution in [3.8, 4) is 0 Å². The first-order chi connectivity index (χ1) is 9.66. The first kappa shape index (κ1) is 12.8. The van der Waals surface area contributed by atoms with Crippen molar-refractivity contribution in [1.29, 1.82) is 0 Å². The molecule has 1 aromatic heterocycles. The van der Waals surface area contributed by atoms with Crippen molar-refractivity contribution in [2.45, 2.75) is 6.42 Å². The van der Waals surface area contributed by atoms with Crippen LogP contribution in [-0.4, -0.2) is 58.0 Å². The molecule has 0 bridgehead atoms. The summed E-state index contributed by atoms with van der Waals surface area (Å²) in [7, 11) is 0. The second kappa shape index (κ2) is 5.07. The molecule has 2 fully saturated rings. The topological polar surface area (TPSA) is 86.6 Å². The maximum absolute atomic E-state index is 12.1. The Morgan fingerprint density at radius 1 is 1.10 bits per heavy atom. The lowest BCUT2D eigenvalue weighted by Gasteiger charge is -2.34. The Bertz CT molecular complexity index is 514. The number of aromatic nitrogens is 2. The molecule has 0 spiro atoms. The number of hydrogen-bond donors (Lipinski definition) is 1. The molecule has 1 N–H and O–H groups in total. The minimum absolute atomic E-state index is 0.0222. The SMILES string of the molecule is O=C(O)C1CC1C(=O)N1CCN(c2ncccn2)CC1. The molecular weight excluding hydrogens is 260 g/mol. The Labute approximate surface area is 116 Å². The van der Waals surface area contributed by atoms with Crippen LogP contribution in [-0.2, 0) is 9.59 Å². The fourth-order valence-corrected chi connectivity index (χ4v) is 2.56. The van der Waals surface area contributed by atoms with E-state index in [2.05, 4.69) is 9.97 Å². The molecule has 1 amide bonds. The fourth-order valence-electron chi connectivity index (χ4n) is 2.56. The summed E-state index contributed by atoms with van der Waals surface area (Å²) in [6.07, 6.45) is 3.87. The number of rotatable bonds is 3. The monoisotopic (exact) mass is 276 g/mol. The zero-order valence-electron chi connectivity index (χ0n) is 11.0. The molecule has 3 rings (SSSR count). The van der Waals surface area contributed by atoms with Crippen LogP contribution < -0.4 is 4.90 Å². The second-order valence-corrected chi connectivity index (χ2v) is 5.15. The van der Waals surface area contributed by atoms with E-state index in [1.807, 2.05) is 4.90 Å². The van der Waals surface area contributed by atoms with Gasteiger partial charge in [-0.05, 0) is 12.5 Å². The van der Waals surface area contributed by atoms with Crippen LogP contribution in [0.5, 0.6) is 0 Å². The van der Waals surface area contributed by atoms with E-state index in [0.717, 1.165) is 0 Å². The summed E-state index contributed by atoms with van der Waals surface area (Å²) >= 11 is 0. The highest BCUT2D eigenvalue weighted by Gasteiger charge is 2.50. The van der Waals surface area contributed by atoms with Crippen molar-refractivity contribution < 1.29 is 14.7 Å². The zero-order valence-corrected chi connectivity index (χ0v) is 11.0. The number of hydrogen-bond acceptors (Lipinski definition) is 5. The zero-order chi connectivity index (χ0) is 14.1. The van der Waals surface area contributed by atoms with Crippen LogP contribution in [0.1, 0.15) is 6.42 Å². The van der Waals surface area contributed by atoms with Crippen LogP contribution >= 0.6 is 0 Å². The average molecular weight is 276 g/mol. The van der Waals surface area contributed by atoms with Gasteiger partial charge in [0.05, 0.1) is 11.8 Å². The van der Waals surface area contributed by atoms with Crippen molar-refractivity contribution in [3.63, 3.8) is 0 Å². The van der Waals surface area contributed by atoms with E-state index in [4.69, 9.17) is 5.11 Å². The van der Waals surface area contributed by atoms with Crippen molar-refractivity contribution in [2.24, 2.45) is 11.8 Å². The number of carboxylic acids is 1. The van der Waals surface area contributed by atoms with Crippen molar-refractivity contribution in [3.05, 3.63) is 18.5 Å². The molecule has 1 saturated carbocycles. The smallest absolute Gasteiger partial charge is 0.307 e. The molecule has 2 atom stereocenters. The first-order valence-electron chi connectivity index (χ1n) is 6.70. The molecular formula is C13H16N4O3. The largest absolute Gasteiger partial charge is 0.481 e. The number of carboxylic acid groups (broad SMARTS) is 1. The predicted octanol–water partition coefficient (Wildman–Crippen LogP) is -0.154. The second-order valence-electron chi connectivity index (χ2n) is 5.15. The number of carbonyl (C=O) groups is 2. The molecule has 1 aliphatic heterocycles. The average Bonchev–Trinajstić information content (AvgIpc) is 3.28. The summed E-state index contributed by atoms with van der Waals surface area (Å²) < 4.78 is 0. The van der Waals surface area contributed by atoms with Gasteiger partial charge in [-0.25, -0.2) is 9.97 Å². The molecule has 7 heteroatoms. The molecule has 1 saturated heterocycles. The van der Waals surface area contributed by atoms with E-state index in [1.165, 1.54) is 0 Å². The molecule has 1 aliphatic carbocycles. The van der Waals surface area contributed by atoms with Crippen molar-refractivity contribution in [1.82, 2.24) is 14.9 Å². The number of amides is 1. The summed E-state index contributed by atoms with van der Waals surface area (Å²) in [5.74, 6) is -0.995. The third kappa shape index (κ3) is 2.43. The third-order valence-corrected chi connectivity index (χ3v) is 3.85. The van der Waals surface area contributed by atoms with Gasteiger partial charge >= 0.3 is 5.97 Å². The van der Waals surface area contributed by atoms with Crippen molar-refractivity contribution >= 4 is 17.8 Å². The van der Waals surface area contributed by atoms with Gasteiger partial charge in [0, 0.05) is 38.6 Å². The van der Waals surface area contributed by atoms with Gasteiger partial charge in [-0.2, -0.15) is 0 Å². The van der Waals surface area contributed by atoms with Gasteiger partial charge in [-0.1, -0.05) is 0 Å². The van der Waals surface area contributed by atoms with Crippen LogP contribution in [0.25, 0.3) is 0 Å². The predicted molar refractivity (Wildman–Crippen MR) is 70.1 cm³/mol. The summed E-state index contributed by atoms with van der Waals surface area (Å²) in [6.45, 7) is 2.56. The molecule has 0 aromatic carbocycles. The standard InChI is InChI=1S/C13H16N4O3/c18-11(9-8-10(9)12(19)20)16-4-6-17(7-5-16)13-14-2-1-3-15-13/h1-3,9-10H,4-8H2,(H,19,20). The number of carbonyl (C=O) groups excluding carboxylic acids is 1. The molecule has 20 heavy (non-hydrogen) atoms. The van der Waals surface area contributed by atoms with E-state index in [1.54, 1.807) is 23.4 Å². The number of piperazine rings is 1. The Morgan fingerprint density at radius 3 is 2.30 bits per heavy atom. The van der Waals surface area contributed by atoms with Crippen LogP contribution in [0, 0.1) is 11.8 Å². The first-order valence-corrected chi connectivity index (χ1v) is 6.70. The van der Waals surface area contributed by atoms with Gasteiger partial charge in [0.25, 0.3) is 0 Å². The van der Waals surface area contributed by atoms with E-state index in [-0.39, 0.29) is 11.8 Å². The van der Waals surface area contributed by atoms with E-state index in [9.17, 15) is 9.59 Å². The Kier molecular flexibility index (Phi) is 3.25. The van der Waals surface area contributed by atoms with Gasteiger partial charge in [-0.3, -0.25) is 9.59 Å². The van der Waals surface area contributed by atoms with Crippen molar-refractivity contribution in [2.75, 3.05) is 31.1 Å². The maximum atomic E-state index is 12.1. The highest BCUT2D eigenvalue weighted by atomic mass is 16.4. The molecule has 1 aromatic rings. The summed E-state index contributed by atoms with van der Waals surface area (Å²) in [6, 6.07) is 1.77. The Morgan fingerprint density at radius 2 is 1.75 bits per heavy atom. The van der Waals surface area contributed by atoms with E-state index >= 15 is 0 Å². The van der Waals surface area contributed by atoms with E-state index < -0.39 is 11.9 Å². The van der Waals surface area contributed by atoms with Gasteiger partial charge in [-0.15, -0.1) is 0 Å². The van der Waals surface area contributed by atoms with Crippen LogP contribution in [0.4, 0.5) is 5.95 Å². The maximum Gasteiger partial charge on any atom is 0.307 e. The number of aliphatic carboxylic acids is 1. The minimum atomic E-state index is -0.861. The normalized spacial score (nSPS) is 25.4. The lowest BCUT2D eigenvalue weighted by atomic mass is 10.2. The van der Waals surface area contributed by atoms with Crippen LogP contribution in [0.15, 0.2) is 18.5 Å². The quantitative estimate of drug-likeness (QED) is 0.826. The molecule has 2 unspecified atom stereocenters. The summed E-state index contributed by atoms with van der Waals surface area (Å²) in [5.41, 5.74) is 0. The molecule has 106 valence electrons. The van der Waals surface area contributed by atoms with Gasteiger partial charge in [0.15, 0.2) is 0 Å². The molecule has 7 nitrogen and oxygen atoms in total. The lowest BCUT2D eigenvalue weighted by Crippen LogP contribution is -2.50. The lowest BCUT2D eigenvalue weighted by molar-refractivity contribution is -0.142. The Hall–Kier alpha value is -2.18. The number of nitrogens with zero attached hydrogens (tertiary/aromatic N) is 4. The van der Waals surface area contributed by atoms with Crippen LogP contribution in [0.2, 0.25) is 0 Å². The molecule has 2 aliphatic rings. The van der Waals surface area contributed by atoms with E-state index in [0.29, 0.717) is 38.5 Å². The fraction of sp³-hybridized carbons (Fsp3) is 0.538. The Balaban J connectivity index is 1.54. The highest BCUT2D eigenvalue weighted by Crippen LogP contribution is 2.40. The van der Waals surface area contributed by atoms with Gasteiger partial charge < -0.3 is 14.9 Å².